The molecule has 1 aromatic heterocycles. The Bertz CT molecular complexity index is 1200. The zero-order valence-corrected chi connectivity index (χ0v) is 19.2. The minimum Gasteiger partial charge on any atom is -0.350 e. The summed E-state index contributed by atoms with van der Waals surface area (Å²) < 4.78 is 27.6. The Labute approximate surface area is 191 Å². The molecule has 0 saturated carbocycles. The van der Waals surface area contributed by atoms with E-state index in [0.29, 0.717) is 50.3 Å². The maximum absolute atomic E-state index is 13.0. The molecule has 32 heavy (non-hydrogen) atoms. The van der Waals surface area contributed by atoms with Crippen molar-refractivity contribution >= 4 is 33.1 Å². The van der Waals surface area contributed by atoms with Crippen LogP contribution in [0, 0.1) is 0 Å². The van der Waals surface area contributed by atoms with Crippen LogP contribution in [0.25, 0.3) is 5.57 Å². The number of pyridine rings is 1. The fraction of sp³-hybridized carbons (Fsp3) is 0.364. The number of nitrogens with zero attached hydrogens (tertiary/aromatic N) is 2. The Balaban J connectivity index is 1.67. The third kappa shape index (κ3) is 4.80. The quantitative estimate of drug-likeness (QED) is 0.683. The Kier molecular flexibility index (Phi) is 6.52. The third-order valence-corrected chi connectivity index (χ3v) is 8.02. The molecule has 2 aliphatic rings. The van der Waals surface area contributed by atoms with E-state index in [1.54, 1.807) is 30.3 Å². The molecule has 8 nitrogen and oxygen atoms in total. The number of aromatic nitrogens is 1. The number of carbonyl (C=O) groups excluding carboxylic acids is 1. The van der Waals surface area contributed by atoms with Gasteiger partial charge < -0.3 is 15.2 Å². The first-order valence-corrected chi connectivity index (χ1v) is 12.3. The fourth-order valence-corrected chi connectivity index (χ4v) is 5.43. The van der Waals surface area contributed by atoms with Crippen LogP contribution >= 0.6 is 11.6 Å². The van der Waals surface area contributed by atoms with Crippen LogP contribution in [-0.4, -0.2) is 67.8 Å². The van der Waals surface area contributed by atoms with Crippen LogP contribution in [0.5, 0.6) is 0 Å². The Morgan fingerprint density at radius 2 is 1.75 bits per heavy atom. The van der Waals surface area contributed by atoms with E-state index in [4.69, 9.17) is 11.6 Å². The predicted molar refractivity (Wildman–Crippen MR) is 123 cm³/mol. The summed E-state index contributed by atoms with van der Waals surface area (Å²) >= 11 is 5.88. The van der Waals surface area contributed by atoms with E-state index in [-0.39, 0.29) is 21.9 Å². The van der Waals surface area contributed by atoms with Crippen molar-refractivity contribution in [2.75, 3.05) is 33.2 Å². The lowest BCUT2D eigenvalue weighted by Gasteiger charge is -2.31. The van der Waals surface area contributed by atoms with Crippen molar-refractivity contribution in [3.63, 3.8) is 0 Å². The third-order valence-electron chi connectivity index (χ3n) is 5.81. The highest BCUT2D eigenvalue weighted by molar-refractivity contribution is 7.89. The minimum atomic E-state index is -3.58. The van der Waals surface area contributed by atoms with Gasteiger partial charge in [-0.3, -0.25) is 9.59 Å². The van der Waals surface area contributed by atoms with Gasteiger partial charge >= 0.3 is 0 Å². The second-order valence-electron chi connectivity index (χ2n) is 8.07. The summed E-state index contributed by atoms with van der Waals surface area (Å²) in [6.07, 6.45) is 2.97. The molecule has 0 unspecified atom stereocenters. The van der Waals surface area contributed by atoms with E-state index < -0.39 is 15.6 Å². The number of nitrogens with one attached hydrogen (secondary N) is 2. The van der Waals surface area contributed by atoms with Crippen molar-refractivity contribution in [1.82, 2.24) is 19.5 Å². The molecule has 2 N–H and O–H groups in total. The summed E-state index contributed by atoms with van der Waals surface area (Å²) in [5, 5.41) is 2.97. The zero-order valence-electron chi connectivity index (χ0n) is 17.7. The van der Waals surface area contributed by atoms with Gasteiger partial charge in [0.05, 0.1) is 4.90 Å². The molecule has 1 amide bonds. The van der Waals surface area contributed by atoms with E-state index in [9.17, 15) is 18.0 Å². The van der Waals surface area contributed by atoms with Crippen LogP contribution in [0.15, 0.2) is 52.2 Å². The average Bonchev–Trinajstić information content (AvgIpc) is 3.19. The van der Waals surface area contributed by atoms with Gasteiger partial charge in [0.1, 0.15) is 5.02 Å². The molecule has 0 radical (unpaired) electrons. The summed E-state index contributed by atoms with van der Waals surface area (Å²) in [6.45, 7) is 2.31. The van der Waals surface area contributed by atoms with E-state index in [1.165, 1.54) is 10.4 Å². The van der Waals surface area contributed by atoms with E-state index in [2.05, 4.69) is 15.2 Å². The van der Waals surface area contributed by atoms with Gasteiger partial charge in [-0.2, -0.15) is 4.31 Å². The number of rotatable bonds is 5. The van der Waals surface area contributed by atoms with Gasteiger partial charge in [-0.25, -0.2) is 8.42 Å². The predicted octanol–water partition coefficient (Wildman–Crippen LogP) is 1.67. The average molecular weight is 477 g/mol. The topological polar surface area (TPSA) is 103 Å². The summed E-state index contributed by atoms with van der Waals surface area (Å²) in [5.74, 6) is -0.0242. The molecule has 0 spiro atoms. The molecule has 2 aliphatic heterocycles. The molecule has 2 fully saturated rings. The van der Waals surface area contributed by atoms with Crippen molar-refractivity contribution < 1.29 is 13.2 Å². The smallest absolute Gasteiger partial charge is 0.267 e. The molecular weight excluding hydrogens is 452 g/mol. The van der Waals surface area contributed by atoms with E-state index in [0.717, 1.165) is 5.56 Å². The fourth-order valence-electron chi connectivity index (χ4n) is 3.90. The van der Waals surface area contributed by atoms with Gasteiger partial charge in [-0.1, -0.05) is 29.8 Å². The largest absolute Gasteiger partial charge is 0.350 e. The maximum atomic E-state index is 13.0. The number of aromatic amines is 1. The van der Waals surface area contributed by atoms with Gasteiger partial charge in [-0.05, 0) is 43.3 Å². The first-order valence-electron chi connectivity index (χ1n) is 10.4. The van der Waals surface area contributed by atoms with Gasteiger partial charge in [0.15, 0.2) is 0 Å². The van der Waals surface area contributed by atoms with E-state index in [1.807, 2.05) is 13.1 Å². The molecule has 3 heterocycles. The van der Waals surface area contributed by atoms with Crippen LogP contribution in [0.1, 0.15) is 24.1 Å². The monoisotopic (exact) mass is 476 g/mol. The lowest BCUT2D eigenvalue weighted by Crippen LogP contribution is -2.46. The number of sulfonamides is 1. The van der Waals surface area contributed by atoms with Gasteiger partial charge in [0.2, 0.25) is 15.9 Å². The van der Waals surface area contributed by atoms with Gasteiger partial charge in [0, 0.05) is 49.9 Å². The molecule has 2 saturated heterocycles. The summed E-state index contributed by atoms with van der Waals surface area (Å²) in [5.41, 5.74) is 1.53. The molecule has 1 aromatic carbocycles. The van der Waals surface area contributed by atoms with Crippen LogP contribution in [0.3, 0.4) is 0 Å². The highest BCUT2D eigenvalue weighted by Crippen LogP contribution is 2.26. The van der Waals surface area contributed by atoms with E-state index >= 15 is 0 Å². The second-order valence-corrected chi connectivity index (χ2v) is 10.4. The number of benzene rings is 1. The van der Waals surface area contributed by atoms with Crippen LogP contribution in [0.4, 0.5) is 0 Å². The molecule has 10 heteroatoms. The first-order chi connectivity index (χ1) is 15.2. The second kappa shape index (κ2) is 9.19. The molecule has 170 valence electrons. The van der Waals surface area contributed by atoms with Crippen molar-refractivity contribution in [2.24, 2.45) is 0 Å². The van der Waals surface area contributed by atoms with Gasteiger partial charge in [-0.15, -0.1) is 0 Å². The summed E-state index contributed by atoms with van der Waals surface area (Å²) in [7, 11) is -1.61. The Morgan fingerprint density at radius 1 is 1.06 bits per heavy atom. The lowest BCUT2D eigenvalue weighted by molar-refractivity contribution is -0.119. The lowest BCUT2D eigenvalue weighted by atomic mass is 9.99. The number of carbonyl (C=O) groups is 1. The normalized spacial score (nSPS) is 21.0. The minimum absolute atomic E-state index is 0.0242. The van der Waals surface area contributed by atoms with Crippen molar-refractivity contribution in [2.45, 2.75) is 23.8 Å². The Hall–Kier alpha value is -2.46. The van der Waals surface area contributed by atoms with Crippen molar-refractivity contribution in [3.8, 4) is 0 Å². The summed E-state index contributed by atoms with van der Waals surface area (Å²) in [4.78, 5) is 28.8. The number of hydrogen-bond donors (Lipinski definition) is 2. The molecule has 0 bridgehead atoms. The highest BCUT2D eigenvalue weighted by Gasteiger charge is 2.27. The van der Waals surface area contributed by atoms with Gasteiger partial charge in [0.25, 0.3) is 5.56 Å². The SMILES string of the molecule is CN1CCN(S(=O)(=O)c2ccc(/C(=C/[C@H]3CCC(=O)N3)c3ccc(Cl)c(=O)[nH]3)cc2)CC1. The van der Waals surface area contributed by atoms with Crippen LogP contribution < -0.4 is 10.9 Å². The number of amides is 1. The molecule has 1 atom stereocenters. The highest BCUT2D eigenvalue weighted by atomic mass is 35.5. The number of hydrogen-bond acceptors (Lipinski definition) is 5. The Morgan fingerprint density at radius 3 is 2.34 bits per heavy atom. The first kappa shape index (κ1) is 22.7. The number of halogens is 1. The number of piperazine rings is 1. The molecule has 4 rings (SSSR count). The van der Waals surface area contributed by atoms with Crippen LogP contribution in [0.2, 0.25) is 5.02 Å². The molecule has 0 aliphatic carbocycles. The molecule has 2 aromatic rings. The van der Waals surface area contributed by atoms with Crippen LogP contribution in [-0.2, 0) is 14.8 Å². The standard InChI is InChI=1S/C22H25ClN4O4S/c1-26-10-12-27(13-11-26)32(30,31)17-5-2-15(3-6-17)18(14-16-4-9-21(28)24-16)20-8-7-19(23)22(29)25-20/h2-3,5-8,14,16H,4,9-13H2,1H3,(H,24,28)(H,25,29)/b18-14-/t16-/m1/s1. The molecular formula is C22H25ClN4O4S. The zero-order chi connectivity index (χ0) is 22.9. The van der Waals surface area contributed by atoms with Crippen molar-refractivity contribution in [3.05, 3.63) is 69.1 Å². The number of H-pyrrole nitrogens is 1. The summed E-state index contributed by atoms with van der Waals surface area (Å²) in [6, 6.07) is 9.64. The number of likely N-dealkylation sites (N-methyl/N-ethyl adjacent to an activating group) is 1. The maximum Gasteiger partial charge on any atom is 0.267 e. The van der Waals surface area contributed by atoms with Crippen molar-refractivity contribution in [1.29, 1.82) is 0 Å².